The fraction of sp³-hybridized carbons (Fsp3) is 0.433. The van der Waals surface area contributed by atoms with Crippen molar-refractivity contribution in [2.45, 2.75) is 85.0 Å². The highest BCUT2D eigenvalue weighted by molar-refractivity contribution is 6.00. The maximum atomic E-state index is 13.1. The lowest BCUT2D eigenvalue weighted by atomic mass is 9.90. The van der Waals surface area contributed by atoms with Crippen LogP contribution in [0.15, 0.2) is 47.6 Å². The van der Waals surface area contributed by atoms with Gasteiger partial charge in [0.05, 0.1) is 17.6 Å². The number of carbonyl (C=O) groups is 1. The highest BCUT2D eigenvalue weighted by Crippen LogP contribution is 2.44. The highest BCUT2D eigenvalue weighted by Gasteiger charge is 2.37. The SMILES string of the molecule is CC(C)=CCc1cc([C@@H]2CC(=O)c3ccc(O)c(CC=C(C)C)c3O2)cc2c1O[C@H](C(C)(C)O)C2. The third kappa shape index (κ3) is 5.30. The van der Waals surface area contributed by atoms with Gasteiger partial charge >= 0.3 is 0 Å². The van der Waals surface area contributed by atoms with E-state index in [1.807, 2.05) is 19.9 Å². The van der Waals surface area contributed by atoms with E-state index in [1.165, 1.54) is 5.57 Å². The van der Waals surface area contributed by atoms with Crippen molar-refractivity contribution in [3.63, 3.8) is 0 Å². The number of rotatable bonds is 6. The van der Waals surface area contributed by atoms with Crippen molar-refractivity contribution in [2.75, 3.05) is 0 Å². The van der Waals surface area contributed by atoms with Crippen LogP contribution in [0.3, 0.4) is 0 Å². The van der Waals surface area contributed by atoms with Crippen molar-refractivity contribution in [3.05, 3.63) is 75.4 Å². The molecule has 0 fully saturated rings. The Bertz CT molecular complexity index is 1200. The molecule has 186 valence electrons. The first-order valence-electron chi connectivity index (χ1n) is 12.3. The van der Waals surface area contributed by atoms with Crippen molar-refractivity contribution in [1.29, 1.82) is 0 Å². The maximum Gasteiger partial charge on any atom is 0.170 e. The second-order valence-electron chi connectivity index (χ2n) is 10.8. The number of ether oxygens (including phenoxy) is 2. The van der Waals surface area contributed by atoms with Gasteiger partial charge in [-0.3, -0.25) is 4.79 Å². The van der Waals surface area contributed by atoms with Crippen LogP contribution in [0.1, 0.15) is 86.7 Å². The van der Waals surface area contributed by atoms with E-state index in [9.17, 15) is 15.0 Å². The van der Waals surface area contributed by atoms with Crippen molar-refractivity contribution in [3.8, 4) is 17.2 Å². The van der Waals surface area contributed by atoms with Gasteiger partial charge in [0.15, 0.2) is 5.78 Å². The summed E-state index contributed by atoms with van der Waals surface area (Å²) in [6, 6.07) is 7.34. The summed E-state index contributed by atoms with van der Waals surface area (Å²) in [5, 5.41) is 21.1. The number of ketones is 1. The summed E-state index contributed by atoms with van der Waals surface area (Å²) in [7, 11) is 0. The van der Waals surface area contributed by atoms with Crippen molar-refractivity contribution >= 4 is 5.78 Å². The summed E-state index contributed by atoms with van der Waals surface area (Å²) >= 11 is 0. The molecule has 0 saturated carbocycles. The number of benzene rings is 2. The fourth-order valence-electron chi connectivity index (χ4n) is 4.64. The van der Waals surface area contributed by atoms with Crippen LogP contribution in [0.25, 0.3) is 0 Å². The molecule has 2 heterocycles. The number of carbonyl (C=O) groups excluding carboxylic acids is 1. The molecular weight excluding hydrogens is 440 g/mol. The van der Waals surface area contributed by atoms with Crippen LogP contribution in [0.4, 0.5) is 0 Å². The summed E-state index contributed by atoms with van der Waals surface area (Å²) < 4.78 is 12.7. The van der Waals surface area contributed by atoms with Gasteiger partial charge < -0.3 is 19.7 Å². The molecule has 5 heteroatoms. The van der Waals surface area contributed by atoms with E-state index < -0.39 is 11.7 Å². The molecule has 5 nitrogen and oxygen atoms in total. The molecule has 35 heavy (non-hydrogen) atoms. The fourth-order valence-corrected chi connectivity index (χ4v) is 4.64. The predicted molar refractivity (Wildman–Crippen MR) is 138 cm³/mol. The molecule has 0 spiro atoms. The monoisotopic (exact) mass is 476 g/mol. The lowest BCUT2D eigenvalue weighted by Crippen LogP contribution is -2.39. The Morgan fingerprint density at radius 3 is 2.34 bits per heavy atom. The number of allylic oxidation sites excluding steroid dienone is 4. The second kappa shape index (κ2) is 9.54. The Hall–Kier alpha value is -3.05. The summed E-state index contributed by atoms with van der Waals surface area (Å²) in [6.45, 7) is 11.7. The van der Waals surface area contributed by atoms with E-state index in [0.29, 0.717) is 36.1 Å². The van der Waals surface area contributed by atoms with Gasteiger partial charge in [0.1, 0.15) is 29.5 Å². The molecule has 4 rings (SSSR count). The number of aliphatic hydroxyl groups is 1. The predicted octanol–water partition coefficient (Wildman–Crippen LogP) is 6.19. The van der Waals surface area contributed by atoms with Crippen LogP contribution in [0.5, 0.6) is 17.2 Å². The molecule has 0 saturated heterocycles. The van der Waals surface area contributed by atoms with Gasteiger partial charge in [0.25, 0.3) is 0 Å². The smallest absolute Gasteiger partial charge is 0.170 e. The lowest BCUT2D eigenvalue weighted by Gasteiger charge is -2.28. The van der Waals surface area contributed by atoms with Crippen molar-refractivity contribution < 1.29 is 24.5 Å². The molecule has 2 N–H and O–H groups in total. The quantitative estimate of drug-likeness (QED) is 0.486. The first-order chi connectivity index (χ1) is 16.4. The third-order valence-electron chi connectivity index (χ3n) is 6.70. The number of phenolic OH excluding ortho intramolecular Hbond substituents is 1. The Kier molecular flexibility index (Phi) is 6.83. The van der Waals surface area contributed by atoms with Crippen LogP contribution in [0.2, 0.25) is 0 Å². The van der Waals surface area contributed by atoms with Crippen LogP contribution >= 0.6 is 0 Å². The van der Waals surface area contributed by atoms with E-state index in [0.717, 1.165) is 28.0 Å². The molecule has 2 atom stereocenters. The average Bonchev–Trinajstić information content (AvgIpc) is 3.21. The summed E-state index contributed by atoms with van der Waals surface area (Å²) in [5.41, 5.74) is 5.48. The van der Waals surface area contributed by atoms with E-state index in [-0.39, 0.29) is 24.1 Å². The zero-order chi connectivity index (χ0) is 25.5. The minimum absolute atomic E-state index is 0.00617. The van der Waals surface area contributed by atoms with Crippen molar-refractivity contribution in [2.24, 2.45) is 0 Å². The molecule has 0 aromatic heterocycles. The Balaban J connectivity index is 1.75. The second-order valence-corrected chi connectivity index (χ2v) is 10.8. The minimum atomic E-state index is -0.972. The molecule has 2 aromatic carbocycles. The normalized spacial score (nSPS) is 18.8. The van der Waals surface area contributed by atoms with Gasteiger partial charge in [-0.2, -0.15) is 0 Å². The van der Waals surface area contributed by atoms with Gasteiger partial charge in [-0.05, 0) is 95.3 Å². The van der Waals surface area contributed by atoms with E-state index in [2.05, 4.69) is 32.1 Å². The largest absolute Gasteiger partial charge is 0.508 e. The molecule has 0 bridgehead atoms. The van der Waals surface area contributed by atoms with Gasteiger partial charge in [-0.1, -0.05) is 23.3 Å². The maximum absolute atomic E-state index is 13.1. The van der Waals surface area contributed by atoms with Gasteiger partial charge in [0, 0.05) is 12.0 Å². The lowest BCUT2D eigenvalue weighted by molar-refractivity contribution is -0.0231. The molecule has 2 aliphatic rings. The topological polar surface area (TPSA) is 76.0 Å². The highest BCUT2D eigenvalue weighted by atomic mass is 16.5. The Morgan fingerprint density at radius 1 is 1.00 bits per heavy atom. The number of fused-ring (bicyclic) bond motifs is 2. The first-order valence-corrected chi connectivity index (χ1v) is 12.3. The molecule has 0 aliphatic carbocycles. The molecule has 2 aromatic rings. The molecule has 0 radical (unpaired) electrons. The number of hydrogen-bond acceptors (Lipinski definition) is 5. The zero-order valence-electron chi connectivity index (χ0n) is 21.6. The minimum Gasteiger partial charge on any atom is -0.508 e. The zero-order valence-corrected chi connectivity index (χ0v) is 21.6. The van der Waals surface area contributed by atoms with E-state index in [1.54, 1.807) is 26.0 Å². The van der Waals surface area contributed by atoms with Gasteiger partial charge in [-0.15, -0.1) is 0 Å². The third-order valence-corrected chi connectivity index (χ3v) is 6.70. The van der Waals surface area contributed by atoms with E-state index in [4.69, 9.17) is 9.47 Å². The van der Waals surface area contributed by atoms with Gasteiger partial charge in [0.2, 0.25) is 0 Å². The average molecular weight is 477 g/mol. The van der Waals surface area contributed by atoms with Crippen LogP contribution in [-0.2, 0) is 19.3 Å². The van der Waals surface area contributed by atoms with Gasteiger partial charge in [-0.25, -0.2) is 0 Å². The Morgan fingerprint density at radius 2 is 1.69 bits per heavy atom. The Labute approximate surface area is 208 Å². The molecule has 0 unspecified atom stereocenters. The number of hydrogen-bond donors (Lipinski definition) is 2. The van der Waals surface area contributed by atoms with Crippen LogP contribution in [0, 0.1) is 0 Å². The number of aromatic hydroxyl groups is 1. The first kappa shape index (κ1) is 25.1. The van der Waals surface area contributed by atoms with Crippen LogP contribution < -0.4 is 9.47 Å². The van der Waals surface area contributed by atoms with Crippen LogP contribution in [-0.4, -0.2) is 27.7 Å². The van der Waals surface area contributed by atoms with Crippen molar-refractivity contribution in [1.82, 2.24) is 0 Å². The summed E-state index contributed by atoms with van der Waals surface area (Å²) in [4.78, 5) is 13.1. The number of Topliss-reactive ketones (excluding diaryl/α,β-unsaturated/α-hetero) is 1. The molecular formula is C30H36O5. The summed E-state index contributed by atoms with van der Waals surface area (Å²) in [5.74, 6) is 1.43. The number of phenols is 1. The van der Waals surface area contributed by atoms with E-state index >= 15 is 0 Å². The summed E-state index contributed by atoms with van der Waals surface area (Å²) in [6.07, 6.45) is 5.40. The standard InChI is InChI=1S/C30H36O5/c1-17(2)7-9-19-13-20(14-21-15-27(30(5,6)33)35-28(19)21)26-16-25(32)23-11-12-24(31)22(29(23)34-26)10-8-18(3)4/h7-8,11-14,26-27,31,33H,9-10,15-16H2,1-6H3/t26-,27-/m0/s1. The molecule has 0 amide bonds. The molecule has 2 aliphatic heterocycles.